The van der Waals surface area contributed by atoms with Gasteiger partial charge in [0.05, 0.1) is 13.5 Å². The molecule has 2 unspecified atom stereocenters. The van der Waals surface area contributed by atoms with Crippen LogP contribution in [0.5, 0.6) is 0 Å². The molecule has 2 atom stereocenters. The summed E-state index contributed by atoms with van der Waals surface area (Å²) in [4.78, 5) is 25.8. The summed E-state index contributed by atoms with van der Waals surface area (Å²) in [5, 5.41) is 0. The highest BCUT2D eigenvalue weighted by atomic mass is 16.5. The molecule has 2 aliphatic rings. The van der Waals surface area contributed by atoms with Gasteiger partial charge >= 0.3 is 5.97 Å². The van der Waals surface area contributed by atoms with Crippen LogP contribution in [0, 0.1) is 0 Å². The van der Waals surface area contributed by atoms with Crippen molar-refractivity contribution in [3.8, 4) is 0 Å². The highest BCUT2D eigenvalue weighted by Crippen LogP contribution is 2.24. The molecule has 0 aromatic heterocycles. The van der Waals surface area contributed by atoms with Crippen molar-refractivity contribution in [2.45, 2.75) is 57.1 Å². The first kappa shape index (κ1) is 14.3. The minimum atomic E-state index is -0.299. The SMILES string of the molecule is COC(=O)CC1CCCCN1C(=O)C1CCCCO1. The zero-order chi connectivity index (χ0) is 13.7. The first-order chi connectivity index (χ1) is 9.22. The van der Waals surface area contributed by atoms with Crippen LogP contribution in [0.4, 0.5) is 0 Å². The second-order valence-electron chi connectivity index (χ2n) is 5.32. The largest absolute Gasteiger partial charge is 0.469 e. The lowest BCUT2D eigenvalue weighted by atomic mass is 9.97. The molecule has 0 aromatic carbocycles. The Kier molecular flexibility index (Phi) is 5.19. The molecule has 2 heterocycles. The van der Waals surface area contributed by atoms with Gasteiger partial charge in [-0.25, -0.2) is 0 Å². The smallest absolute Gasteiger partial charge is 0.307 e. The van der Waals surface area contributed by atoms with Crippen molar-refractivity contribution < 1.29 is 19.1 Å². The Morgan fingerprint density at radius 3 is 2.68 bits per heavy atom. The first-order valence-electron chi connectivity index (χ1n) is 7.21. The normalized spacial score (nSPS) is 27.9. The number of methoxy groups -OCH3 is 1. The van der Waals surface area contributed by atoms with Crippen LogP contribution in [0.1, 0.15) is 44.9 Å². The van der Waals surface area contributed by atoms with E-state index in [1.807, 2.05) is 4.90 Å². The molecule has 19 heavy (non-hydrogen) atoms. The van der Waals surface area contributed by atoms with E-state index in [9.17, 15) is 9.59 Å². The van der Waals surface area contributed by atoms with Crippen LogP contribution < -0.4 is 0 Å². The summed E-state index contributed by atoms with van der Waals surface area (Å²) in [5.41, 5.74) is 0. The van der Waals surface area contributed by atoms with Crippen molar-refractivity contribution in [2.24, 2.45) is 0 Å². The van der Waals surface area contributed by atoms with Crippen molar-refractivity contribution in [1.82, 2.24) is 4.90 Å². The van der Waals surface area contributed by atoms with Crippen LogP contribution in [0.3, 0.4) is 0 Å². The molecule has 0 radical (unpaired) electrons. The van der Waals surface area contributed by atoms with Crippen LogP contribution in [0.2, 0.25) is 0 Å². The van der Waals surface area contributed by atoms with Crippen LogP contribution >= 0.6 is 0 Å². The molecule has 5 nitrogen and oxygen atoms in total. The standard InChI is InChI=1S/C14H23NO4/c1-18-13(16)10-11-6-2-4-8-15(11)14(17)12-7-3-5-9-19-12/h11-12H,2-10H2,1H3. The molecule has 2 rings (SSSR count). The molecule has 108 valence electrons. The minimum absolute atomic E-state index is 0.0146. The van der Waals surface area contributed by atoms with Gasteiger partial charge in [-0.3, -0.25) is 9.59 Å². The Labute approximate surface area is 114 Å². The monoisotopic (exact) mass is 269 g/mol. The van der Waals surface area contributed by atoms with Crippen LogP contribution in [-0.4, -0.2) is 49.2 Å². The summed E-state index contributed by atoms with van der Waals surface area (Å²) in [5.74, 6) is -0.178. The zero-order valence-corrected chi connectivity index (χ0v) is 11.6. The van der Waals surface area contributed by atoms with Gasteiger partial charge in [0.1, 0.15) is 6.10 Å². The fraction of sp³-hybridized carbons (Fsp3) is 0.857. The third-order valence-corrected chi connectivity index (χ3v) is 4.00. The maximum Gasteiger partial charge on any atom is 0.307 e. The number of carbonyl (C=O) groups is 2. The number of hydrogen-bond acceptors (Lipinski definition) is 4. The molecule has 1 amide bonds. The van der Waals surface area contributed by atoms with Gasteiger partial charge in [0.25, 0.3) is 5.91 Å². The molecule has 2 aliphatic heterocycles. The average molecular weight is 269 g/mol. The topological polar surface area (TPSA) is 55.8 Å². The molecule has 0 bridgehead atoms. The van der Waals surface area contributed by atoms with E-state index in [4.69, 9.17) is 9.47 Å². The fourth-order valence-electron chi connectivity index (χ4n) is 2.90. The molecule has 2 saturated heterocycles. The van der Waals surface area contributed by atoms with Crippen molar-refractivity contribution in [1.29, 1.82) is 0 Å². The summed E-state index contributed by atoms with van der Waals surface area (Å²) >= 11 is 0. The van der Waals surface area contributed by atoms with Gasteiger partial charge in [-0.1, -0.05) is 0 Å². The molecule has 0 N–H and O–H groups in total. The molecule has 0 aromatic rings. The number of ether oxygens (including phenoxy) is 2. The van der Waals surface area contributed by atoms with Crippen LogP contribution in [-0.2, 0) is 19.1 Å². The predicted molar refractivity (Wildman–Crippen MR) is 69.6 cm³/mol. The number of rotatable bonds is 3. The van der Waals surface area contributed by atoms with Gasteiger partial charge in [0.15, 0.2) is 0 Å². The van der Waals surface area contributed by atoms with E-state index in [1.54, 1.807) is 0 Å². The molecular weight excluding hydrogens is 246 g/mol. The maximum atomic E-state index is 12.5. The number of amides is 1. The lowest BCUT2D eigenvalue weighted by Crippen LogP contribution is -2.50. The van der Waals surface area contributed by atoms with Crippen molar-refractivity contribution in [2.75, 3.05) is 20.3 Å². The van der Waals surface area contributed by atoms with Crippen molar-refractivity contribution >= 4 is 11.9 Å². The number of esters is 1. The number of carbonyl (C=O) groups excluding carboxylic acids is 2. The molecule has 0 spiro atoms. The number of nitrogens with zero attached hydrogens (tertiary/aromatic N) is 1. The lowest BCUT2D eigenvalue weighted by molar-refractivity contribution is -0.153. The molecule has 5 heteroatoms. The lowest BCUT2D eigenvalue weighted by Gasteiger charge is -2.38. The highest BCUT2D eigenvalue weighted by molar-refractivity contribution is 5.82. The van der Waals surface area contributed by atoms with Gasteiger partial charge in [0.2, 0.25) is 0 Å². The Bertz CT molecular complexity index is 325. The van der Waals surface area contributed by atoms with Gasteiger partial charge < -0.3 is 14.4 Å². The van der Waals surface area contributed by atoms with E-state index in [2.05, 4.69) is 0 Å². The Morgan fingerprint density at radius 1 is 1.21 bits per heavy atom. The van der Waals surface area contributed by atoms with Crippen LogP contribution in [0.15, 0.2) is 0 Å². The van der Waals surface area contributed by atoms with Crippen molar-refractivity contribution in [3.05, 3.63) is 0 Å². The maximum absolute atomic E-state index is 12.5. The highest BCUT2D eigenvalue weighted by Gasteiger charge is 2.33. The molecule has 0 saturated carbocycles. The second kappa shape index (κ2) is 6.89. The average Bonchev–Trinajstić information content (AvgIpc) is 2.48. The van der Waals surface area contributed by atoms with Gasteiger partial charge in [-0.05, 0) is 38.5 Å². The quantitative estimate of drug-likeness (QED) is 0.729. The Balaban J connectivity index is 1.97. The van der Waals surface area contributed by atoms with Crippen molar-refractivity contribution in [3.63, 3.8) is 0 Å². The van der Waals surface area contributed by atoms with E-state index in [0.29, 0.717) is 13.0 Å². The van der Waals surface area contributed by atoms with E-state index in [-0.39, 0.29) is 24.0 Å². The van der Waals surface area contributed by atoms with Gasteiger partial charge in [-0.15, -0.1) is 0 Å². The second-order valence-corrected chi connectivity index (χ2v) is 5.32. The summed E-state index contributed by atoms with van der Waals surface area (Å²) in [6, 6.07) is -0.0146. The number of likely N-dealkylation sites (tertiary alicyclic amines) is 1. The molecular formula is C14H23NO4. The molecule has 2 fully saturated rings. The minimum Gasteiger partial charge on any atom is -0.469 e. The van der Waals surface area contributed by atoms with E-state index < -0.39 is 0 Å². The fourth-order valence-corrected chi connectivity index (χ4v) is 2.90. The zero-order valence-electron chi connectivity index (χ0n) is 11.6. The summed E-state index contributed by atoms with van der Waals surface area (Å²) in [6.07, 6.45) is 5.85. The van der Waals surface area contributed by atoms with Gasteiger partial charge in [-0.2, -0.15) is 0 Å². The number of hydrogen-bond donors (Lipinski definition) is 0. The summed E-state index contributed by atoms with van der Waals surface area (Å²) in [6.45, 7) is 1.41. The van der Waals surface area contributed by atoms with Gasteiger partial charge in [0, 0.05) is 19.2 Å². The Hall–Kier alpha value is -1.10. The van der Waals surface area contributed by atoms with E-state index >= 15 is 0 Å². The first-order valence-corrected chi connectivity index (χ1v) is 7.21. The summed E-state index contributed by atoms with van der Waals surface area (Å²) in [7, 11) is 1.39. The molecule has 0 aliphatic carbocycles. The predicted octanol–water partition coefficient (Wildman–Crippen LogP) is 1.50. The van der Waals surface area contributed by atoms with E-state index in [0.717, 1.165) is 45.1 Å². The summed E-state index contributed by atoms with van der Waals surface area (Å²) < 4.78 is 10.3. The number of piperidine rings is 1. The third kappa shape index (κ3) is 3.69. The van der Waals surface area contributed by atoms with E-state index in [1.165, 1.54) is 7.11 Å². The third-order valence-electron chi connectivity index (χ3n) is 4.00. The van der Waals surface area contributed by atoms with Crippen LogP contribution in [0.25, 0.3) is 0 Å². The Morgan fingerprint density at radius 2 is 2.00 bits per heavy atom.